The number of benzene rings is 1. The Hall–Kier alpha value is -3.82. The number of phenolic OH excluding ortho intramolecular Hbond substituents is 1. The van der Waals surface area contributed by atoms with Crippen molar-refractivity contribution < 1.29 is 14.6 Å². The highest BCUT2D eigenvalue weighted by atomic mass is 16.6. The summed E-state index contributed by atoms with van der Waals surface area (Å²) in [6, 6.07) is 7.09. The van der Waals surface area contributed by atoms with Crippen LogP contribution in [0.4, 0.5) is 10.6 Å². The zero-order valence-corrected chi connectivity index (χ0v) is 18.3. The SMILES string of the molecule is CC(C)(C)OC(=O)NCCCCn1nc(-c2cc3ccc(O)cc3[nH]2)c2c(N)ncnc21. The first-order valence-corrected chi connectivity index (χ1v) is 10.5. The lowest BCUT2D eigenvalue weighted by atomic mass is 10.2. The molecule has 0 saturated heterocycles. The Morgan fingerprint density at radius 1 is 1.25 bits per heavy atom. The molecule has 168 valence electrons. The van der Waals surface area contributed by atoms with Gasteiger partial charge < -0.3 is 25.9 Å². The predicted octanol–water partition coefficient (Wildman–Crippen LogP) is 3.57. The van der Waals surface area contributed by atoms with Crippen molar-refractivity contribution in [1.82, 2.24) is 30.0 Å². The van der Waals surface area contributed by atoms with Crippen molar-refractivity contribution in [2.24, 2.45) is 0 Å². The number of hydrogen-bond donors (Lipinski definition) is 4. The smallest absolute Gasteiger partial charge is 0.407 e. The second-order valence-electron chi connectivity index (χ2n) is 8.62. The number of aromatic hydroxyl groups is 1. The van der Waals surface area contributed by atoms with Crippen LogP contribution in [0.3, 0.4) is 0 Å². The van der Waals surface area contributed by atoms with Gasteiger partial charge in [0, 0.05) is 30.1 Å². The number of nitrogens with two attached hydrogens (primary N) is 1. The predicted molar refractivity (Wildman–Crippen MR) is 122 cm³/mol. The maximum Gasteiger partial charge on any atom is 0.407 e. The molecule has 4 rings (SSSR count). The van der Waals surface area contributed by atoms with Gasteiger partial charge in [0.15, 0.2) is 5.65 Å². The lowest BCUT2D eigenvalue weighted by Crippen LogP contribution is -2.33. The molecule has 5 N–H and O–H groups in total. The Kier molecular flexibility index (Phi) is 5.60. The molecule has 32 heavy (non-hydrogen) atoms. The van der Waals surface area contributed by atoms with Crippen LogP contribution in [0.15, 0.2) is 30.6 Å². The van der Waals surface area contributed by atoms with Gasteiger partial charge in [0.2, 0.25) is 0 Å². The van der Waals surface area contributed by atoms with Crippen molar-refractivity contribution in [3.05, 3.63) is 30.6 Å². The van der Waals surface area contributed by atoms with Gasteiger partial charge in [-0.2, -0.15) is 5.10 Å². The highest BCUT2D eigenvalue weighted by Gasteiger charge is 2.19. The average molecular weight is 438 g/mol. The highest BCUT2D eigenvalue weighted by molar-refractivity contribution is 5.99. The van der Waals surface area contributed by atoms with Crippen LogP contribution in [0.5, 0.6) is 5.75 Å². The summed E-state index contributed by atoms with van der Waals surface area (Å²) in [5.74, 6) is 0.536. The molecule has 4 aromatic rings. The number of ether oxygens (including phenoxy) is 1. The number of carbonyl (C=O) groups excluding carboxylic acids is 1. The minimum atomic E-state index is -0.518. The second-order valence-corrected chi connectivity index (χ2v) is 8.62. The van der Waals surface area contributed by atoms with E-state index >= 15 is 0 Å². The highest BCUT2D eigenvalue weighted by Crippen LogP contribution is 2.32. The molecule has 0 aliphatic carbocycles. The minimum absolute atomic E-state index is 0.184. The molecule has 1 aromatic carbocycles. The van der Waals surface area contributed by atoms with Gasteiger partial charge >= 0.3 is 6.09 Å². The van der Waals surface area contributed by atoms with Crippen molar-refractivity contribution in [2.45, 2.75) is 45.8 Å². The average Bonchev–Trinajstić information content (AvgIpc) is 3.28. The molecule has 0 radical (unpaired) electrons. The van der Waals surface area contributed by atoms with Crippen LogP contribution >= 0.6 is 0 Å². The first-order valence-electron chi connectivity index (χ1n) is 10.5. The second kappa shape index (κ2) is 8.37. The Bertz CT molecular complexity index is 1270. The summed E-state index contributed by atoms with van der Waals surface area (Å²) in [7, 11) is 0. The van der Waals surface area contributed by atoms with Crippen LogP contribution in [0, 0.1) is 0 Å². The summed E-state index contributed by atoms with van der Waals surface area (Å²) in [4.78, 5) is 23.6. The number of phenols is 1. The van der Waals surface area contributed by atoms with E-state index in [1.54, 1.807) is 16.8 Å². The molecule has 0 aliphatic rings. The summed E-state index contributed by atoms with van der Waals surface area (Å²) in [6.07, 6.45) is 2.53. The number of aryl methyl sites for hydroxylation is 1. The molecule has 10 nitrogen and oxygen atoms in total. The van der Waals surface area contributed by atoms with Gasteiger partial charge in [0.1, 0.15) is 29.2 Å². The Balaban J connectivity index is 1.51. The number of fused-ring (bicyclic) bond motifs is 2. The molecule has 0 atom stereocenters. The van der Waals surface area contributed by atoms with Crippen LogP contribution in [0.2, 0.25) is 0 Å². The van der Waals surface area contributed by atoms with E-state index < -0.39 is 11.7 Å². The van der Waals surface area contributed by atoms with Crippen LogP contribution in [0.25, 0.3) is 33.3 Å². The Labute approximate surface area is 184 Å². The maximum absolute atomic E-state index is 11.8. The van der Waals surface area contributed by atoms with E-state index in [0.29, 0.717) is 35.6 Å². The van der Waals surface area contributed by atoms with E-state index in [-0.39, 0.29) is 5.75 Å². The maximum atomic E-state index is 11.8. The third-order valence-electron chi connectivity index (χ3n) is 4.88. The lowest BCUT2D eigenvalue weighted by molar-refractivity contribution is 0.0527. The Morgan fingerprint density at radius 3 is 2.84 bits per heavy atom. The van der Waals surface area contributed by atoms with Crippen molar-refractivity contribution in [3.8, 4) is 17.1 Å². The van der Waals surface area contributed by atoms with Gasteiger partial charge in [-0.1, -0.05) is 0 Å². The number of hydrogen-bond acceptors (Lipinski definition) is 7. The van der Waals surface area contributed by atoms with Gasteiger partial charge in [-0.3, -0.25) is 0 Å². The standard InChI is InChI=1S/C22H27N7O3/c1-22(2,3)32-21(31)24-8-4-5-9-29-20-17(19(23)25-12-26-20)18(28-29)16-10-13-6-7-14(30)11-15(13)27-16/h6-7,10-12,27,30H,4-5,8-9H2,1-3H3,(H,24,31)(H2,23,25,26). The quantitative estimate of drug-likeness (QED) is 0.338. The number of anilines is 1. The molecule has 0 fully saturated rings. The molecule has 3 heterocycles. The number of alkyl carbamates (subject to hydrolysis) is 1. The lowest BCUT2D eigenvalue weighted by Gasteiger charge is -2.19. The molecule has 3 aromatic heterocycles. The van der Waals surface area contributed by atoms with Gasteiger partial charge in [0.05, 0.1) is 11.1 Å². The van der Waals surface area contributed by atoms with Crippen LogP contribution in [-0.2, 0) is 11.3 Å². The number of aromatic nitrogens is 5. The van der Waals surface area contributed by atoms with E-state index in [4.69, 9.17) is 15.6 Å². The summed E-state index contributed by atoms with van der Waals surface area (Å²) in [5, 5.41) is 18.9. The number of aromatic amines is 1. The van der Waals surface area contributed by atoms with Gasteiger partial charge in [0.25, 0.3) is 0 Å². The Morgan fingerprint density at radius 2 is 2.06 bits per heavy atom. The van der Waals surface area contributed by atoms with Crippen molar-refractivity contribution in [1.29, 1.82) is 0 Å². The third kappa shape index (κ3) is 4.58. The van der Waals surface area contributed by atoms with Crippen molar-refractivity contribution in [2.75, 3.05) is 12.3 Å². The van der Waals surface area contributed by atoms with Gasteiger partial charge in [-0.15, -0.1) is 0 Å². The monoisotopic (exact) mass is 437 g/mol. The van der Waals surface area contributed by atoms with Crippen LogP contribution in [0.1, 0.15) is 33.6 Å². The molecule has 0 saturated carbocycles. The third-order valence-corrected chi connectivity index (χ3v) is 4.88. The molecule has 10 heteroatoms. The number of nitrogens with zero attached hydrogens (tertiary/aromatic N) is 4. The number of rotatable bonds is 6. The minimum Gasteiger partial charge on any atom is -0.508 e. The van der Waals surface area contributed by atoms with Crippen LogP contribution in [-0.4, -0.2) is 48.1 Å². The molecular weight excluding hydrogens is 410 g/mol. The summed E-state index contributed by atoms with van der Waals surface area (Å²) >= 11 is 0. The topological polar surface area (TPSA) is 144 Å². The first kappa shape index (κ1) is 21.4. The fourth-order valence-corrected chi connectivity index (χ4v) is 3.51. The van der Waals surface area contributed by atoms with Gasteiger partial charge in [-0.05, 0) is 51.8 Å². The van der Waals surface area contributed by atoms with Crippen molar-refractivity contribution in [3.63, 3.8) is 0 Å². The summed E-state index contributed by atoms with van der Waals surface area (Å²) < 4.78 is 7.05. The van der Waals surface area contributed by atoms with E-state index in [2.05, 4.69) is 20.3 Å². The van der Waals surface area contributed by atoms with Gasteiger partial charge in [-0.25, -0.2) is 19.4 Å². The summed E-state index contributed by atoms with van der Waals surface area (Å²) in [5.41, 5.74) is 8.51. The first-order chi connectivity index (χ1) is 15.2. The normalized spacial score (nSPS) is 11.8. The zero-order valence-electron chi connectivity index (χ0n) is 18.3. The molecule has 0 aliphatic heterocycles. The van der Waals surface area contributed by atoms with E-state index in [9.17, 15) is 9.90 Å². The molecule has 0 spiro atoms. The van der Waals surface area contributed by atoms with E-state index in [0.717, 1.165) is 29.4 Å². The number of unbranched alkanes of at least 4 members (excludes halogenated alkanes) is 1. The van der Waals surface area contributed by atoms with Crippen LogP contribution < -0.4 is 11.1 Å². The number of carbonyl (C=O) groups is 1. The largest absolute Gasteiger partial charge is 0.508 e. The summed E-state index contributed by atoms with van der Waals surface area (Å²) in [6.45, 7) is 6.59. The van der Waals surface area contributed by atoms with E-state index in [1.807, 2.05) is 32.9 Å². The molecule has 0 unspecified atom stereocenters. The van der Waals surface area contributed by atoms with E-state index in [1.165, 1.54) is 6.33 Å². The number of H-pyrrole nitrogens is 1. The fourth-order valence-electron chi connectivity index (χ4n) is 3.51. The fraction of sp³-hybridized carbons (Fsp3) is 0.364. The number of nitrogen functional groups attached to an aromatic ring is 1. The van der Waals surface area contributed by atoms with Crippen molar-refractivity contribution >= 4 is 33.8 Å². The molecule has 1 amide bonds. The number of amides is 1. The zero-order chi connectivity index (χ0) is 22.9. The molecular formula is C22H27N7O3. The number of nitrogens with one attached hydrogen (secondary N) is 2. The molecule has 0 bridgehead atoms.